The van der Waals surface area contributed by atoms with E-state index in [1.165, 1.54) is 37.9 Å². The van der Waals surface area contributed by atoms with Gasteiger partial charge in [0, 0.05) is 24.8 Å². The number of likely N-dealkylation sites (tertiary alicyclic amines) is 1. The Kier molecular flexibility index (Phi) is 4.48. The van der Waals surface area contributed by atoms with E-state index >= 15 is 0 Å². The summed E-state index contributed by atoms with van der Waals surface area (Å²) in [6, 6.07) is 6.01. The van der Waals surface area contributed by atoms with E-state index in [4.69, 9.17) is 10.5 Å². The highest BCUT2D eigenvalue weighted by Crippen LogP contribution is 2.23. The molecule has 1 atom stereocenters. The quantitative estimate of drug-likeness (QED) is 0.833. The summed E-state index contributed by atoms with van der Waals surface area (Å²) in [7, 11) is 1.69. The second kappa shape index (κ2) is 6.10. The number of methoxy groups -OCH3 is 1. The highest BCUT2D eigenvalue weighted by Gasteiger charge is 2.18. The molecule has 1 unspecified atom stereocenters. The number of benzene rings is 1. The topological polar surface area (TPSA) is 38.5 Å². The van der Waals surface area contributed by atoms with Gasteiger partial charge in [0.15, 0.2) is 0 Å². The van der Waals surface area contributed by atoms with Crippen LogP contribution in [0.1, 0.15) is 31.7 Å². The molecule has 0 aromatic heterocycles. The van der Waals surface area contributed by atoms with Gasteiger partial charge in [-0.15, -0.1) is 0 Å². The van der Waals surface area contributed by atoms with Gasteiger partial charge in [-0.1, -0.05) is 13.3 Å². The van der Waals surface area contributed by atoms with Crippen LogP contribution in [0, 0.1) is 5.92 Å². The largest absolute Gasteiger partial charge is 0.497 e. The van der Waals surface area contributed by atoms with Crippen LogP contribution < -0.4 is 10.5 Å². The van der Waals surface area contributed by atoms with E-state index in [1.54, 1.807) is 7.11 Å². The second-order valence-corrected chi connectivity index (χ2v) is 5.27. The molecule has 1 fully saturated rings. The van der Waals surface area contributed by atoms with Gasteiger partial charge in [0.1, 0.15) is 5.75 Å². The maximum absolute atomic E-state index is 5.90. The minimum absolute atomic E-state index is 0.786. The molecule has 100 valence electrons. The number of nitrogen functional groups attached to an aromatic ring is 1. The first kappa shape index (κ1) is 13.2. The van der Waals surface area contributed by atoms with Crippen LogP contribution in [-0.2, 0) is 6.54 Å². The fraction of sp³-hybridized carbons (Fsp3) is 0.600. The minimum atomic E-state index is 0.786. The van der Waals surface area contributed by atoms with Crippen molar-refractivity contribution in [3.05, 3.63) is 23.8 Å². The first-order valence-corrected chi connectivity index (χ1v) is 6.87. The number of piperidine rings is 1. The third-order valence-corrected chi connectivity index (χ3v) is 3.81. The lowest BCUT2D eigenvalue weighted by molar-refractivity contribution is 0.164. The van der Waals surface area contributed by atoms with Crippen LogP contribution in [0.4, 0.5) is 5.69 Å². The van der Waals surface area contributed by atoms with E-state index in [-0.39, 0.29) is 0 Å². The van der Waals surface area contributed by atoms with Crippen molar-refractivity contribution in [1.82, 2.24) is 4.90 Å². The number of hydrogen-bond donors (Lipinski definition) is 1. The standard InChI is InChI=1S/C15H24N2O/c1-3-12-5-4-6-17(10-12)11-13-7-14(16)9-15(8-13)18-2/h7-9,12H,3-6,10-11,16H2,1-2H3. The van der Waals surface area contributed by atoms with Gasteiger partial charge in [-0.25, -0.2) is 0 Å². The van der Waals surface area contributed by atoms with Gasteiger partial charge in [0.25, 0.3) is 0 Å². The third-order valence-electron chi connectivity index (χ3n) is 3.81. The van der Waals surface area contributed by atoms with Crippen molar-refractivity contribution in [3.63, 3.8) is 0 Å². The zero-order valence-electron chi connectivity index (χ0n) is 11.5. The Bertz CT molecular complexity index is 392. The van der Waals surface area contributed by atoms with Crippen LogP contribution >= 0.6 is 0 Å². The molecule has 18 heavy (non-hydrogen) atoms. The smallest absolute Gasteiger partial charge is 0.121 e. The molecule has 1 aromatic carbocycles. The lowest BCUT2D eigenvalue weighted by Crippen LogP contribution is -2.34. The van der Waals surface area contributed by atoms with Crippen molar-refractivity contribution in [2.75, 3.05) is 25.9 Å². The molecule has 3 nitrogen and oxygen atoms in total. The van der Waals surface area contributed by atoms with Gasteiger partial charge in [-0.05, 0) is 43.0 Å². The zero-order chi connectivity index (χ0) is 13.0. The second-order valence-electron chi connectivity index (χ2n) is 5.27. The molecule has 3 heteroatoms. The molecule has 0 bridgehead atoms. The highest BCUT2D eigenvalue weighted by molar-refractivity contribution is 5.47. The van der Waals surface area contributed by atoms with Gasteiger partial charge < -0.3 is 10.5 Å². The summed E-state index contributed by atoms with van der Waals surface area (Å²) in [5.74, 6) is 1.72. The minimum Gasteiger partial charge on any atom is -0.497 e. The Labute approximate surface area is 110 Å². The Morgan fingerprint density at radius 3 is 2.94 bits per heavy atom. The number of nitrogens with zero attached hydrogens (tertiary/aromatic N) is 1. The van der Waals surface area contributed by atoms with Crippen LogP contribution in [0.3, 0.4) is 0 Å². The normalized spacial score (nSPS) is 20.9. The van der Waals surface area contributed by atoms with Crippen LogP contribution in [0.15, 0.2) is 18.2 Å². The van der Waals surface area contributed by atoms with Crippen LogP contribution in [-0.4, -0.2) is 25.1 Å². The number of ether oxygens (including phenoxy) is 1. The Hall–Kier alpha value is -1.22. The molecule has 2 N–H and O–H groups in total. The van der Waals surface area contributed by atoms with Gasteiger partial charge in [0.05, 0.1) is 7.11 Å². The van der Waals surface area contributed by atoms with E-state index < -0.39 is 0 Å². The summed E-state index contributed by atoms with van der Waals surface area (Å²) < 4.78 is 5.27. The van der Waals surface area contributed by atoms with Gasteiger partial charge in [-0.2, -0.15) is 0 Å². The van der Waals surface area contributed by atoms with Crippen LogP contribution in [0.25, 0.3) is 0 Å². The molecule has 1 heterocycles. The first-order valence-electron chi connectivity index (χ1n) is 6.87. The zero-order valence-corrected chi connectivity index (χ0v) is 11.5. The maximum atomic E-state index is 5.90. The summed E-state index contributed by atoms with van der Waals surface area (Å²) >= 11 is 0. The van der Waals surface area contributed by atoms with Gasteiger partial charge >= 0.3 is 0 Å². The summed E-state index contributed by atoms with van der Waals surface area (Å²) in [4.78, 5) is 2.53. The monoisotopic (exact) mass is 248 g/mol. The molecule has 1 aliphatic rings. The van der Waals surface area contributed by atoms with Gasteiger partial charge in [-0.3, -0.25) is 4.90 Å². The maximum Gasteiger partial charge on any atom is 0.121 e. The molecular weight excluding hydrogens is 224 g/mol. The molecular formula is C15H24N2O. The molecule has 1 aliphatic heterocycles. The summed E-state index contributed by atoms with van der Waals surface area (Å²) in [6.07, 6.45) is 3.99. The van der Waals surface area contributed by atoms with Crippen molar-refractivity contribution in [3.8, 4) is 5.75 Å². The van der Waals surface area contributed by atoms with Crippen LogP contribution in [0.5, 0.6) is 5.75 Å². The number of hydrogen-bond acceptors (Lipinski definition) is 3. The third kappa shape index (κ3) is 3.39. The van der Waals surface area contributed by atoms with Gasteiger partial charge in [0.2, 0.25) is 0 Å². The fourth-order valence-electron chi connectivity index (χ4n) is 2.78. The summed E-state index contributed by atoms with van der Waals surface area (Å²) in [6.45, 7) is 5.69. The number of rotatable bonds is 4. The summed E-state index contributed by atoms with van der Waals surface area (Å²) in [5.41, 5.74) is 7.93. The predicted molar refractivity (Wildman–Crippen MR) is 75.7 cm³/mol. The highest BCUT2D eigenvalue weighted by atomic mass is 16.5. The molecule has 0 radical (unpaired) electrons. The SMILES string of the molecule is CCC1CCCN(Cc2cc(N)cc(OC)c2)C1. The lowest BCUT2D eigenvalue weighted by Gasteiger charge is -2.32. The van der Waals surface area contributed by atoms with Crippen molar-refractivity contribution < 1.29 is 4.74 Å². The van der Waals surface area contributed by atoms with Crippen LogP contribution in [0.2, 0.25) is 0 Å². The Morgan fingerprint density at radius 2 is 2.22 bits per heavy atom. The fourth-order valence-corrected chi connectivity index (χ4v) is 2.78. The molecule has 2 rings (SSSR count). The average molecular weight is 248 g/mol. The van der Waals surface area contributed by atoms with E-state index in [2.05, 4.69) is 24.0 Å². The molecule has 0 amide bonds. The molecule has 0 aliphatic carbocycles. The lowest BCUT2D eigenvalue weighted by atomic mass is 9.95. The van der Waals surface area contributed by atoms with E-state index in [0.29, 0.717) is 0 Å². The van der Waals surface area contributed by atoms with Crippen molar-refractivity contribution in [2.24, 2.45) is 5.92 Å². The van der Waals surface area contributed by atoms with Crippen molar-refractivity contribution >= 4 is 5.69 Å². The number of anilines is 1. The Balaban J connectivity index is 2.02. The van der Waals surface area contributed by atoms with E-state index in [0.717, 1.165) is 23.9 Å². The van der Waals surface area contributed by atoms with Crippen molar-refractivity contribution in [2.45, 2.75) is 32.7 Å². The Morgan fingerprint density at radius 1 is 1.39 bits per heavy atom. The molecule has 1 aromatic rings. The van der Waals surface area contributed by atoms with E-state index in [1.807, 2.05) is 6.07 Å². The van der Waals surface area contributed by atoms with Crippen molar-refractivity contribution in [1.29, 1.82) is 0 Å². The average Bonchev–Trinajstić information content (AvgIpc) is 2.38. The molecule has 0 spiro atoms. The summed E-state index contributed by atoms with van der Waals surface area (Å²) in [5, 5.41) is 0. The van der Waals surface area contributed by atoms with E-state index in [9.17, 15) is 0 Å². The molecule has 0 saturated carbocycles. The predicted octanol–water partition coefficient (Wildman–Crippen LogP) is 2.90. The molecule has 1 saturated heterocycles. The number of nitrogens with two attached hydrogens (primary N) is 1. The first-order chi connectivity index (χ1) is 8.71.